The van der Waals surface area contributed by atoms with Gasteiger partial charge in [-0.25, -0.2) is 4.98 Å². The molecular weight excluding hydrogens is 226 g/mol. The molecule has 0 radical (unpaired) electrons. The van der Waals surface area contributed by atoms with Gasteiger partial charge in [0.25, 0.3) is 0 Å². The second-order valence-electron chi connectivity index (χ2n) is 4.61. The lowest BCUT2D eigenvalue weighted by molar-refractivity contribution is 0.121. The van der Waals surface area contributed by atoms with Crippen molar-refractivity contribution >= 4 is 11.0 Å². The van der Waals surface area contributed by atoms with Crippen LogP contribution in [-0.4, -0.2) is 28.8 Å². The van der Waals surface area contributed by atoms with Crippen LogP contribution >= 0.6 is 0 Å². The Hall–Kier alpha value is -1.39. The topological polar surface area (TPSA) is 53.1 Å². The van der Waals surface area contributed by atoms with E-state index in [1.54, 1.807) is 0 Å². The molecule has 0 fully saturated rings. The second-order valence-corrected chi connectivity index (χ2v) is 4.61. The largest absolute Gasteiger partial charge is 0.380 e. The Morgan fingerprint density at radius 3 is 2.89 bits per heavy atom. The number of hydrogen-bond donors (Lipinski definition) is 1. The highest BCUT2D eigenvalue weighted by atomic mass is 16.5. The van der Waals surface area contributed by atoms with E-state index in [-0.39, 0.29) is 6.04 Å². The highest BCUT2D eigenvalue weighted by Gasteiger charge is 2.11. The summed E-state index contributed by atoms with van der Waals surface area (Å²) in [7, 11) is 2.03. The number of aryl methyl sites for hydroxylation is 1. The molecule has 1 unspecified atom stereocenters. The molecule has 1 aromatic heterocycles. The van der Waals surface area contributed by atoms with Crippen molar-refractivity contribution in [1.82, 2.24) is 9.55 Å². The summed E-state index contributed by atoms with van der Waals surface area (Å²) in [5.74, 6) is 1.02. The lowest BCUT2D eigenvalue weighted by atomic mass is 10.2. The van der Waals surface area contributed by atoms with Gasteiger partial charge >= 0.3 is 0 Å². The highest BCUT2D eigenvalue weighted by Crippen LogP contribution is 2.15. The van der Waals surface area contributed by atoms with E-state index in [0.717, 1.165) is 36.3 Å². The molecule has 98 valence electrons. The number of benzene rings is 1. The van der Waals surface area contributed by atoms with Crippen LogP contribution in [0.25, 0.3) is 11.0 Å². The number of para-hydroxylation sites is 2. The third-order valence-corrected chi connectivity index (χ3v) is 3.00. The molecule has 18 heavy (non-hydrogen) atoms. The van der Waals surface area contributed by atoms with Crippen molar-refractivity contribution in [3.05, 3.63) is 30.1 Å². The van der Waals surface area contributed by atoms with Gasteiger partial charge in [-0.05, 0) is 18.6 Å². The molecule has 2 rings (SSSR count). The van der Waals surface area contributed by atoms with Gasteiger partial charge in [-0.2, -0.15) is 0 Å². The normalized spacial score (nSPS) is 13.1. The first-order valence-corrected chi connectivity index (χ1v) is 6.46. The van der Waals surface area contributed by atoms with Crippen LogP contribution in [-0.2, 0) is 18.2 Å². The van der Waals surface area contributed by atoms with Gasteiger partial charge in [0.05, 0.1) is 17.6 Å². The van der Waals surface area contributed by atoms with Gasteiger partial charge in [0.15, 0.2) is 0 Å². The molecule has 4 heteroatoms. The van der Waals surface area contributed by atoms with E-state index < -0.39 is 0 Å². The summed E-state index contributed by atoms with van der Waals surface area (Å²) in [6, 6.07) is 8.14. The van der Waals surface area contributed by atoms with E-state index in [2.05, 4.69) is 22.5 Å². The summed E-state index contributed by atoms with van der Waals surface area (Å²) >= 11 is 0. The number of fused-ring (bicyclic) bond motifs is 1. The van der Waals surface area contributed by atoms with Crippen LogP contribution in [0.2, 0.25) is 0 Å². The number of hydrogen-bond acceptors (Lipinski definition) is 3. The van der Waals surface area contributed by atoms with Crippen LogP contribution in [0.3, 0.4) is 0 Å². The van der Waals surface area contributed by atoms with Gasteiger partial charge in [-0.1, -0.05) is 19.1 Å². The Labute approximate surface area is 108 Å². The molecule has 0 aliphatic rings. The van der Waals surface area contributed by atoms with Crippen molar-refractivity contribution in [3.8, 4) is 0 Å². The molecule has 0 aliphatic heterocycles. The van der Waals surface area contributed by atoms with Crippen LogP contribution < -0.4 is 5.73 Å². The lowest BCUT2D eigenvalue weighted by Crippen LogP contribution is -2.30. The molecule has 0 bridgehead atoms. The Balaban J connectivity index is 2.05. The number of imidazole rings is 1. The van der Waals surface area contributed by atoms with Gasteiger partial charge in [-0.3, -0.25) is 0 Å². The van der Waals surface area contributed by atoms with E-state index in [4.69, 9.17) is 10.5 Å². The van der Waals surface area contributed by atoms with E-state index in [9.17, 15) is 0 Å². The van der Waals surface area contributed by atoms with Crippen LogP contribution in [0.5, 0.6) is 0 Å². The zero-order valence-corrected chi connectivity index (χ0v) is 11.1. The third kappa shape index (κ3) is 2.89. The minimum absolute atomic E-state index is 0.00654. The quantitative estimate of drug-likeness (QED) is 0.793. The standard InChI is InChI=1S/C14H21N3O/c1-3-8-18-10-11(15)9-14-16-12-6-4-5-7-13(12)17(14)2/h4-7,11H,3,8-10,15H2,1-2H3. The van der Waals surface area contributed by atoms with E-state index >= 15 is 0 Å². The molecule has 4 nitrogen and oxygen atoms in total. The van der Waals surface area contributed by atoms with Crippen LogP contribution in [0.4, 0.5) is 0 Å². The van der Waals surface area contributed by atoms with Gasteiger partial charge in [0.1, 0.15) is 5.82 Å². The SMILES string of the molecule is CCCOCC(N)Cc1nc2ccccc2n1C. The average Bonchev–Trinajstić information content (AvgIpc) is 2.67. The smallest absolute Gasteiger partial charge is 0.111 e. The maximum absolute atomic E-state index is 6.06. The minimum Gasteiger partial charge on any atom is -0.380 e. The Morgan fingerprint density at radius 2 is 2.17 bits per heavy atom. The zero-order valence-electron chi connectivity index (χ0n) is 11.1. The molecule has 0 amide bonds. The fraction of sp³-hybridized carbons (Fsp3) is 0.500. The molecule has 0 spiro atoms. The van der Waals surface area contributed by atoms with E-state index in [0.29, 0.717) is 6.61 Å². The number of nitrogens with zero attached hydrogens (tertiary/aromatic N) is 2. The Morgan fingerprint density at radius 1 is 1.39 bits per heavy atom. The Kier molecular flexibility index (Phi) is 4.33. The predicted molar refractivity (Wildman–Crippen MR) is 73.5 cm³/mol. The Bertz CT molecular complexity index is 507. The molecule has 1 atom stereocenters. The molecule has 0 saturated carbocycles. The number of rotatable bonds is 6. The summed E-state index contributed by atoms with van der Waals surface area (Å²) < 4.78 is 7.57. The second kappa shape index (κ2) is 5.98. The fourth-order valence-electron chi connectivity index (χ4n) is 2.05. The molecule has 0 aliphatic carbocycles. The maximum atomic E-state index is 6.06. The molecular formula is C14H21N3O. The van der Waals surface area contributed by atoms with Crippen molar-refractivity contribution in [2.24, 2.45) is 12.8 Å². The van der Waals surface area contributed by atoms with Crippen LogP contribution in [0, 0.1) is 0 Å². The average molecular weight is 247 g/mol. The van der Waals surface area contributed by atoms with Crippen LogP contribution in [0.1, 0.15) is 19.2 Å². The summed E-state index contributed by atoms with van der Waals surface area (Å²) in [6.45, 7) is 3.46. The minimum atomic E-state index is 0.00654. The van der Waals surface area contributed by atoms with E-state index in [1.165, 1.54) is 0 Å². The maximum Gasteiger partial charge on any atom is 0.111 e. The van der Waals surface area contributed by atoms with Crippen molar-refractivity contribution in [2.45, 2.75) is 25.8 Å². The zero-order chi connectivity index (χ0) is 13.0. The summed E-state index contributed by atoms with van der Waals surface area (Å²) in [5.41, 5.74) is 8.23. The van der Waals surface area contributed by atoms with Gasteiger partial charge in [-0.15, -0.1) is 0 Å². The van der Waals surface area contributed by atoms with Crippen LogP contribution in [0.15, 0.2) is 24.3 Å². The van der Waals surface area contributed by atoms with Crippen molar-refractivity contribution in [3.63, 3.8) is 0 Å². The van der Waals surface area contributed by atoms with Gasteiger partial charge in [0, 0.05) is 26.1 Å². The first-order valence-electron chi connectivity index (χ1n) is 6.46. The molecule has 2 aromatic rings. The van der Waals surface area contributed by atoms with Crippen molar-refractivity contribution < 1.29 is 4.74 Å². The highest BCUT2D eigenvalue weighted by molar-refractivity contribution is 5.75. The summed E-state index contributed by atoms with van der Waals surface area (Å²) in [5, 5.41) is 0. The molecule has 1 aromatic carbocycles. The molecule has 1 heterocycles. The fourth-order valence-corrected chi connectivity index (χ4v) is 2.05. The molecule has 2 N–H and O–H groups in total. The first-order chi connectivity index (χ1) is 8.72. The summed E-state index contributed by atoms with van der Waals surface area (Å²) in [4.78, 5) is 4.61. The predicted octanol–water partition coefficient (Wildman–Crippen LogP) is 1.87. The van der Waals surface area contributed by atoms with Gasteiger partial charge in [0.2, 0.25) is 0 Å². The number of ether oxygens (including phenoxy) is 1. The van der Waals surface area contributed by atoms with Crippen molar-refractivity contribution in [2.75, 3.05) is 13.2 Å². The lowest BCUT2D eigenvalue weighted by Gasteiger charge is -2.11. The first kappa shape index (κ1) is 13.1. The number of aromatic nitrogens is 2. The summed E-state index contributed by atoms with van der Waals surface area (Å²) in [6.07, 6.45) is 1.77. The number of nitrogens with two attached hydrogens (primary N) is 1. The monoisotopic (exact) mass is 247 g/mol. The van der Waals surface area contributed by atoms with Gasteiger partial charge < -0.3 is 15.0 Å². The third-order valence-electron chi connectivity index (χ3n) is 3.00. The van der Waals surface area contributed by atoms with E-state index in [1.807, 2.05) is 25.2 Å². The molecule has 0 saturated heterocycles. The van der Waals surface area contributed by atoms with Crippen molar-refractivity contribution in [1.29, 1.82) is 0 Å².